The van der Waals surface area contributed by atoms with Crippen LogP contribution in [0.2, 0.25) is 0 Å². The summed E-state index contributed by atoms with van der Waals surface area (Å²) in [5, 5.41) is 12.5. The summed E-state index contributed by atoms with van der Waals surface area (Å²) >= 11 is 0. The van der Waals surface area contributed by atoms with Gasteiger partial charge in [0.15, 0.2) is 0 Å². The molecule has 0 aliphatic rings. The zero-order chi connectivity index (χ0) is 47.7. The molecule has 0 fully saturated rings. The van der Waals surface area contributed by atoms with Gasteiger partial charge in [-0.2, -0.15) is 0 Å². The topological polar surface area (TPSA) is 50.9 Å². The number of fused-ring (bicyclic) bond motifs is 1. The van der Waals surface area contributed by atoms with Gasteiger partial charge in [-0.25, -0.2) is 4.98 Å². The molecular formula is C59H62N3OPt-. The average Bonchev–Trinajstić information content (AvgIpc) is 3.64. The second-order valence-corrected chi connectivity index (χ2v) is 21.1. The third kappa shape index (κ3) is 9.05. The fourth-order valence-corrected chi connectivity index (χ4v) is 8.34. The number of para-hydroxylation sites is 1. The Kier molecular flexibility index (Phi) is 11.3. The first-order chi connectivity index (χ1) is 30.8. The van der Waals surface area contributed by atoms with Crippen molar-refractivity contribution in [2.45, 2.75) is 112 Å². The number of benzene rings is 6. The molecule has 2 heterocycles. The molecule has 2 aromatic heterocycles. The fourth-order valence-electron chi connectivity index (χ4n) is 8.34. The number of pyridine rings is 1. The quantitative estimate of drug-likeness (QED) is 0.169. The summed E-state index contributed by atoms with van der Waals surface area (Å²) in [7, 11) is 0. The van der Waals surface area contributed by atoms with Crippen molar-refractivity contribution in [1.29, 1.82) is 0 Å². The van der Waals surface area contributed by atoms with E-state index in [1.807, 2.05) is 42.5 Å². The first-order valence-electron chi connectivity index (χ1n) is 23.6. The maximum atomic E-state index is 12.5. The zero-order valence-corrected chi connectivity index (χ0v) is 41.6. The van der Waals surface area contributed by atoms with Crippen LogP contribution in [0.15, 0.2) is 134 Å². The van der Waals surface area contributed by atoms with Gasteiger partial charge >= 0.3 is 0 Å². The van der Waals surface area contributed by atoms with Gasteiger partial charge in [0.25, 0.3) is 0 Å². The van der Waals surface area contributed by atoms with Crippen molar-refractivity contribution < 1.29 is 30.3 Å². The summed E-state index contributed by atoms with van der Waals surface area (Å²) in [6.45, 7) is 24.0. The minimum Gasteiger partial charge on any atom is -0.507 e. The fraction of sp³-hybridized carbons (Fsp3) is 0.288. The van der Waals surface area contributed by atoms with E-state index in [4.69, 9.17) is 14.1 Å². The van der Waals surface area contributed by atoms with Crippen LogP contribution in [-0.2, 0) is 42.7 Å². The molecule has 0 aliphatic carbocycles. The molecule has 4 nitrogen and oxygen atoms in total. The van der Waals surface area contributed by atoms with E-state index in [1.165, 1.54) is 11.8 Å². The molecule has 330 valence electrons. The Morgan fingerprint density at radius 1 is 0.547 bits per heavy atom. The largest absolute Gasteiger partial charge is 0.507 e. The molecule has 0 unspecified atom stereocenters. The van der Waals surface area contributed by atoms with Crippen molar-refractivity contribution in [1.82, 2.24) is 14.5 Å². The van der Waals surface area contributed by atoms with Crippen molar-refractivity contribution in [2.24, 2.45) is 0 Å². The van der Waals surface area contributed by atoms with E-state index in [-0.39, 0.29) is 54.0 Å². The molecular weight excluding hydrogens is 962 g/mol. The molecule has 64 heavy (non-hydrogen) atoms. The minimum atomic E-state index is -2.35. The average molecular weight is 1030 g/mol. The Morgan fingerprint density at radius 2 is 1.12 bits per heavy atom. The van der Waals surface area contributed by atoms with Crippen molar-refractivity contribution in [3.05, 3.63) is 167 Å². The Morgan fingerprint density at radius 3 is 1.72 bits per heavy atom. The molecule has 0 amide bonds. The number of phenolic OH excluding ortho intramolecular Hbond substituents is 1. The number of hydrogen-bond donors (Lipinski definition) is 1. The number of phenols is 1. The van der Waals surface area contributed by atoms with Crippen LogP contribution in [0.25, 0.3) is 72.7 Å². The molecule has 0 atom stereocenters. The SMILES string of the molecule is [2H]C([2H])([2H])c1cnc(-c2[c-]c(-c3cccc4c3nc(-c3cc(C(C)(C)C)cc(C(C)(C)C)c3O)n4-c3ccc(C(C)(C)C)cc3-c3ccccc3)cc(C(C)(C)C)c2)cc1-c1ccccc1.[Pt]. The van der Waals surface area contributed by atoms with Crippen LogP contribution in [0.5, 0.6) is 5.75 Å². The van der Waals surface area contributed by atoms with E-state index in [1.54, 1.807) is 0 Å². The zero-order valence-electron chi connectivity index (χ0n) is 42.3. The van der Waals surface area contributed by atoms with Gasteiger partial charge in [-0.05, 0) is 86.2 Å². The van der Waals surface area contributed by atoms with Crippen LogP contribution >= 0.6 is 0 Å². The summed E-state index contributed by atoms with van der Waals surface area (Å²) < 4.78 is 27.4. The second-order valence-electron chi connectivity index (χ2n) is 21.1. The summed E-state index contributed by atoms with van der Waals surface area (Å²) in [4.78, 5) is 10.4. The van der Waals surface area contributed by atoms with Gasteiger partial charge in [-0.15, -0.1) is 29.3 Å². The van der Waals surface area contributed by atoms with E-state index in [0.717, 1.165) is 66.8 Å². The van der Waals surface area contributed by atoms with Crippen LogP contribution in [-0.4, -0.2) is 19.6 Å². The molecule has 0 saturated carbocycles. The van der Waals surface area contributed by atoms with Gasteiger partial charge < -0.3 is 5.11 Å². The summed E-state index contributed by atoms with van der Waals surface area (Å²) in [6.07, 6.45) is 1.50. The predicted octanol–water partition coefficient (Wildman–Crippen LogP) is 15.8. The third-order valence-corrected chi connectivity index (χ3v) is 12.2. The Bertz CT molecular complexity index is 3110. The molecule has 8 rings (SSSR count). The maximum Gasteiger partial charge on any atom is 0.148 e. The van der Waals surface area contributed by atoms with E-state index < -0.39 is 6.85 Å². The molecule has 0 aliphatic heterocycles. The first kappa shape index (κ1) is 42.4. The number of hydrogen-bond acceptors (Lipinski definition) is 3. The smallest absolute Gasteiger partial charge is 0.148 e. The van der Waals surface area contributed by atoms with Crippen LogP contribution in [0, 0.1) is 12.9 Å². The number of aromatic hydroxyl groups is 1. The van der Waals surface area contributed by atoms with Crippen LogP contribution in [0.1, 0.15) is 115 Å². The maximum absolute atomic E-state index is 12.5. The third-order valence-electron chi connectivity index (χ3n) is 12.2. The Hall–Kier alpha value is -5.57. The van der Waals surface area contributed by atoms with E-state index in [2.05, 4.69) is 179 Å². The molecule has 0 radical (unpaired) electrons. The number of aromatic nitrogens is 3. The standard InChI is InChI=1S/C59H62N3O.Pt/c1-37-36-60-50(35-46(37)38-21-16-14-17-22-38)41-29-40(30-43(31-41)57(5,6)7)45-25-20-26-52-53(45)61-55(48-33-44(58(8,9)10)34-49(54(48)63)59(11,12)13)62(52)51-28-27-42(56(2,3)4)32-47(51)39-23-18-15-19-24-39;/h14-28,30-36,63H,1-13H3;/q-1;/i1D3;. The molecule has 0 spiro atoms. The van der Waals surface area contributed by atoms with Crippen LogP contribution in [0.3, 0.4) is 0 Å². The van der Waals surface area contributed by atoms with Gasteiger partial charge in [-0.1, -0.05) is 185 Å². The predicted molar refractivity (Wildman–Crippen MR) is 266 cm³/mol. The van der Waals surface area contributed by atoms with E-state index >= 15 is 0 Å². The number of aryl methyl sites for hydroxylation is 1. The molecule has 8 aromatic rings. The monoisotopic (exact) mass is 1030 g/mol. The molecule has 0 bridgehead atoms. The van der Waals surface area contributed by atoms with Gasteiger partial charge in [0.05, 0.1) is 22.3 Å². The molecule has 5 heteroatoms. The van der Waals surface area contributed by atoms with Crippen molar-refractivity contribution in [3.63, 3.8) is 0 Å². The van der Waals surface area contributed by atoms with Crippen molar-refractivity contribution in [2.75, 3.05) is 0 Å². The second kappa shape index (κ2) is 17.1. The van der Waals surface area contributed by atoms with Crippen LogP contribution in [0.4, 0.5) is 0 Å². The number of imidazole rings is 1. The van der Waals surface area contributed by atoms with Crippen molar-refractivity contribution >= 4 is 11.0 Å². The Labute approximate surface area is 400 Å². The minimum absolute atomic E-state index is 0. The van der Waals surface area contributed by atoms with Gasteiger partial charge in [0, 0.05) is 48.2 Å². The van der Waals surface area contributed by atoms with Crippen molar-refractivity contribution in [3.8, 4) is 67.5 Å². The first-order valence-corrected chi connectivity index (χ1v) is 22.1. The molecule has 1 N–H and O–H groups in total. The van der Waals surface area contributed by atoms with Gasteiger partial charge in [0.1, 0.15) is 11.6 Å². The van der Waals surface area contributed by atoms with Gasteiger partial charge in [-0.3, -0.25) is 9.55 Å². The number of rotatable bonds is 6. The Balaban J connectivity index is 0.00000666. The van der Waals surface area contributed by atoms with E-state index in [0.29, 0.717) is 22.6 Å². The summed E-state index contributed by atoms with van der Waals surface area (Å²) in [5.74, 6) is 0.847. The molecule has 6 aromatic carbocycles. The van der Waals surface area contributed by atoms with E-state index in [9.17, 15) is 5.11 Å². The number of nitrogens with zero attached hydrogens (tertiary/aromatic N) is 3. The molecule has 0 saturated heterocycles. The van der Waals surface area contributed by atoms with Crippen LogP contribution < -0.4 is 0 Å². The summed E-state index contributed by atoms with van der Waals surface area (Å²) in [5.41, 5.74) is 13.4. The van der Waals surface area contributed by atoms with Gasteiger partial charge in [0.2, 0.25) is 0 Å². The summed E-state index contributed by atoms with van der Waals surface area (Å²) in [6, 6.07) is 47.4. The normalized spacial score (nSPS) is 13.3.